The van der Waals surface area contributed by atoms with E-state index in [4.69, 9.17) is 0 Å². The summed E-state index contributed by atoms with van der Waals surface area (Å²) in [5.74, 6) is 0.715. The van der Waals surface area contributed by atoms with Crippen molar-refractivity contribution in [1.82, 2.24) is 26.6 Å². The van der Waals surface area contributed by atoms with E-state index in [1.165, 1.54) is 12.8 Å². The van der Waals surface area contributed by atoms with Gasteiger partial charge in [0.05, 0.1) is 6.17 Å². The first kappa shape index (κ1) is 17.5. The normalized spacial score (nSPS) is 35.9. The predicted molar refractivity (Wildman–Crippen MR) is 89.3 cm³/mol. The van der Waals surface area contributed by atoms with Gasteiger partial charge in [0.1, 0.15) is 6.29 Å². The molecule has 0 spiro atoms. The van der Waals surface area contributed by atoms with Gasteiger partial charge in [0.25, 0.3) is 0 Å². The smallest absolute Gasteiger partial charge is 0.317 e. The van der Waals surface area contributed by atoms with Crippen LogP contribution >= 0.6 is 0 Å². The highest BCUT2D eigenvalue weighted by atomic mass is 16.2. The minimum Gasteiger partial charge on any atom is -0.335 e. The van der Waals surface area contributed by atoms with Gasteiger partial charge in [-0.25, -0.2) is 4.79 Å². The van der Waals surface area contributed by atoms with Crippen molar-refractivity contribution in [3.05, 3.63) is 0 Å². The Hall–Kier alpha value is -0.850. The largest absolute Gasteiger partial charge is 0.335 e. The van der Waals surface area contributed by atoms with Crippen LogP contribution in [0.1, 0.15) is 59.3 Å². The van der Waals surface area contributed by atoms with Crippen molar-refractivity contribution in [3.63, 3.8) is 0 Å². The third-order valence-corrected chi connectivity index (χ3v) is 4.60. The molecule has 1 aliphatic carbocycles. The number of rotatable bonds is 5. The van der Waals surface area contributed by atoms with Crippen LogP contribution in [-0.2, 0) is 0 Å². The molecule has 2 fully saturated rings. The molecule has 0 aromatic rings. The molecule has 5 N–H and O–H groups in total. The zero-order chi connectivity index (χ0) is 15.9. The van der Waals surface area contributed by atoms with E-state index < -0.39 is 0 Å². The van der Waals surface area contributed by atoms with Crippen LogP contribution in [0.15, 0.2) is 0 Å². The van der Waals surface area contributed by atoms with Crippen LogP contribution in [0.3, 0.4) is 0 Å². The molecule has 1 heterocycles. The lowest BCUT2D eigenvalue weighted by atomic mass is 9.87. The van der Waals surface area contributed by atoms with Crippen molar-refractivity contribution >= 4 is 6.03 Å². The number of amides is 2. The van der Waals surface area contributed by atoms with Gasteiger partial charge in [-0.3, -0.25) is 10.6 Å². The third kappa shape index (κ3) is 5.74. The fourth-order valence-electron chi connectivity index (χ4n) is 3.49. The quantitative estimate of drug-likeness (QED) is 0.532. The Morgan fingerprint density at radius 2 is 1.95 bits per heavy atom. The highest BCUT2D eigenvalue weighted by Crippen LogP contribution is 2.23. The van der Waals surface area contributed by atoms with Crippen molar-refractivity contribution < 1.29 is 4.79 Å². The Kier molecular flexibility index (Phi) is 6.92. The number of urea groups is 1. The lowest BCUT2D eigenvalue weighted by Crippen LogP contribution is -2.68. The SMILES string of the molecule is CCCNC1CC(C)NC(NC(=O)NC2CCCC(C)C2)N1. The van der Waals surface area contributed by atoms with Crippen LogP contribution in [-0.4, -0.2) is 37.1 Å². The zero-order valence-corrected chi connectivity index (χ0v) is 14.2. The van der Waals surface area contributed by atoms with Gasteiger partial charge in [0.15, 0.2) is 0 Å². The zero-order valence-electron chi connectivity index (χ0n) is 14.2. The number of carbonyl (C=O) groups is 1. The molecular weight excluding hydrogens is 278 g/mol. The van der Waals surface area contributed by atoms with E-state index in [-0.39, 0.29) is 18.5 Å². The minimum atomic E-state index is -0.181. The molecule has 2 amide bonds. The Labute approximate surface area is 134 Å². The monoisotopic (exact) mass is 311 g/mol. The third-order valence-electron chi connectivity index (χ3n) is 4.60. The first-order valence-electron chi connectivity index (χ1n) is 8.89. The molecule has 0 aromatic heterocycles. The maximum absolute atomic E-state index is 12.2. The van der Waals surface area contributed by atoms with Crippen LogP contribution in [0.4, 0.5) is 4.79 Å². The number of carbonyl (C=O) groups excluding carboxylic acids is 1. The molecule has 0 aromatic carbocycles. The summed E-state index contributed by atoms with van der Waals surface area (Å²) in [4.78, 5) is 12.2. The van der Waals surface area contributed by atoms with Gasteiger partial charge in [-0.05, 0) is 45.1 Å². The maximum Gasteiger partial charge on any atom is 0.317 e. The van der Waals surface area contributed by atoms with E-state index in [2.05, 4.69) is 47.4 Å². The molecule has 2 rings (SSSR count). The Morgan fingerprint density at radius 3 is 2.68 bits per heavy atom. The highest BCUT2D eigenvalue weighted by molar-refractivity contribution is 5.74. The molecule has 5 unspecified atom stereocenters. The van der Waals surface area contributed by atoms with Crippen LogP contribution in [0.5, 0.6) is 0 Å². The van der Waals surface area contributed by atoms with Crippen molar-refractivity contribution in [1.29, 1.82) is 0 Å². The highest BCUT2D eigenvalue weighted by Gasteiger charge is 2.26. The average molecular weight is 311 g/mol. The van der Waals surface area contributed by atoms with E-state index >= 15 is 0 Å². The maximum atomic E-state index is 12.2. The second-order valence-electron chi connectivity index (χ2n) is 7.00. The summed E-state index contributed by atoms with van der Waals surface area (Å²) in [7, 11) is 0. The number of hydrogen-bond acceptors (Lipinski definition) is 4. The van der Waals surface area contributed by atoms with Crippen LogP contribution in [0.25, 0.3) is 0 Å². The number of hydrogen-bond donors (Lipinski definition) is 5. The van der Waals surface area contributed by atoms with Gasteiger partial charge in [0, 0.05) is 12.1 Å². The van der Waals surface area contributed by atoms with Crippen molar-refractivity contribution in [3.8, 4) is 0 Å². The van der Waals surface area contributed by atoms with E-state index in [1.54, 1.807) is 0 Å². The summed E-state index contributed by atoms with van der Waals surface area (Å²) in [6.45, 7) is 7.56. The van der Waals surface area contributed by atoms with Crippen molar-refractivity contribution in [2.75, 3.05) is 6.54 Å². The van der Waals surface area contributed by atoms with Crippen molar-refractivity contribution in [2.45, 2.75) is 83.8 Å². The molecule has 6 nitrogen and oxygen atoms in total. The number of nitrogens with one attached hydrogen (secondary N) is 5. The van der Waals surface area contributed by atoms with E-state index in [9.17, 15) is 4.79 Å². The molecule has 0 radical (unpaired) electrons. The Morgan fingerprint density at radius 1 is 1.14 bits per heavy atom. The standard InChI is InChI=1S/C16H33N5O/c1-4-8-17-14-10-12(3)18-15(20-14)21-16(22)19-13-7-5-6-11(2)9-13/h11-15,17-18,20H,4-10H2,1-3H3,(H2,19,21,22). The molecule has 128 valence electrons. The Bertz CT molecular complexity index is 351. The fraction of sp³-hybridized carbons (Fsp3) is 0.938. The lowest BCUT2D eigenvalue weighted by molar-refractivity contribution is 0.183. The first-order chi connectivity index (χ1) is 10.6. The first-order valence-corrected chi connectivity index (χ1v) is 8.89. The molecule has 1 saturated carbocycles. The second kappa shape index (κ2) is 8.70. The average Bonchev–Trinajstić information content (AvgIpc) is 2.44. The van der Waals surface area contributed by atoms with Gasteiger partial charge < -0.3 is 16.0 Å². The molecule has 0 bridgehead atoms. The second-order valence-corrected chi connectivity index (χ2v) is 7.00. The van der Waals surface area contributed by atoms with Crippen LogP contribution < -0.4 is 26.6 Å². The lowest BCUT2D eigenvalue weighted by Gasteiger charge is -2.37. The van der Waals surface area contributed by atoms with Crippen LogP contribution in [0, 0.1) is 5.92 Å². The van der Waals surface area contributed by atoms with Crippen molar-refractivity contribution in [2.24, 2.45) is 5.92 Å². The minimum absolute atomic E-state index is 0.0764. The van der Waals surface area contributed by atoms with Crippen LogP contribution in [0.2, 0.25) is 0 Å². The Balaban J connectivity index is 1.74. The van der Waals surface area contributed by atoms with Gasteiger partial charge in [-0.1, -0.05) is 26.7 Å². The molecule has 6 heteroatoms. The summed E-state index contributed by atoms with van der Waals surface area (Å²) in [6.07, 6.45) is 6.88. The molecule has 22 heavy (non-hydrogen) atoms. The topological polar surface area (TPSA) is 77.2 Å². The molecule has 1 saturated heterocycles. The fourth-order valence-corrected chi connectivity index (χ4v) is 3.49. The van der Waals surface area contributed by atoms with Gasteiger partial charge in [0.2, 0.25) is 0 Å². The summed E-state index contributed by atoms with van der Waals surface area (Å²) in [5.41, 5.74) is 0. The summed E-state index contributed by atoms with van der Waals surface area (Å²) >= 11 is 0. The molecule has 1 aliphatic heterocycles. The van der Waals surface area contributed by atoms with Gasteiger partial charge in [-0.2, -0.15) is 0 Å². The summed E-state index contributed by atoms with van der Waals surface area (Å²) < 4.78 is 0. The predicted octanol–water partition coefficient (Wildman–Crippen LogP) is 1.45. The van der Waals surface area contributed by atoms with E-state index in [0.717, 1.165) is 32.2 Å². The van der Waals surface area contributed by atoms with Gasteiger partial charge in [-0.15, -0.1) is 0 Å². The molecular formula is C16H33N5O. The van der Waals surface area contributed by atoms with E-state index in [1.807, 2.05) is 0 Å². The molecule has 2 aliphatic rings. The summed E-state index contributed by atoms with van der Waals surface area (Å²) in [5, 5.41) is 16.4. The summed E-state index contributed by atoms with van der Waals surface area (Å²) in [6, 6.07) is 0.613. The molecule has 5 atom stereocenters. The van der Waals surface area contributed by atoms with Gasteiger partial charge >= 0.3 is 6.03 Å². The van der Waals surface area contributed by atoms with E-state index in [0.29, 0.717) is 18.0 Å².